The fourth-order valence-corrected chi connectivity index (χ4v) is 6.06. The molecule has 3 aromatic carbocycles. The topological polar surface area (TPSA) is 80.8 Å². The summed E-state index contributed by atoms with van der Waals surface area (Å²) >= 11 is 0. The molecule has 0 heterocycles. The van der Waals surface area contributed by atoms with E-state index in [4.69, 9.17) is 4.74 Å². The van der Waals surface area contributed by atoms with E-state index in [-0.39, 0.29) is 9.79 Å². The van der Waals surface area contributed by atoms with E-state index in [0.29, 0.717) is 26.8 Å². The van der Waals surface area contributed by atoms with E-state index in [9.17, 15) is 16.8 Å². The minimum absolute atomic E-state index is 0.0914. The second-order valence-corrected chi connectivity index (χ2v) is 9.88. The first kappa shape index (κ1) is 19.3. The molecule has 0 saturated carbocycles. The van der Waals surface area contributed by atoms with E-state index < -0.39 is 20.0 Å². The molecular weight excluding hydrogens is 386 g/mol. The van der Waals surface area contributed by atoms with E-state index in [1.165, 1.54) is 18.2 Å². The predicted octanol–water partition coefficient (Wildman–Crippen LogP) is 3.25. The van der Waals surface area contributed by atoms with E-state index in [1.54, 1.807) is 48.5 Å². The maximum absolute atomic E-state index is 13.1. The fraction of sp³-hybridized carbons (Fsp3) is 0.158. The zero-order chi connectivity index (χ0) is 19.7. The first-order valence-corrected chi connectivity index (χ1v) is 11.1. The molecule has 0 unspecified atom stereocenters. The number of hydrogen-bond donors (Lipinski definition) is 0. The maximum atomic E-state index is 13.1. The molecule has 0 bridgehead atoms. The molecular formula is C19H19NO5S2. The monoisotopic (exact) mass is 405 g/mol. The van der Waals surface area contributed by atoms with E-state index in [2.05, 4.69) is 0 Å². The molecule has 6 nitrogen and oxygen atoms in total. The lowest BCUT2D eigenvalue weighted by molar-refractivity contribution is 0.344. The highest BCUT2D eigenvalue weighted by atomic mass is 32.3. The third-order valence-electron chi connectivity index (χ3n) is 4.14. The number of rotatable bonds is 6. The van der Waals surface area contributed by atoms with E-state index >= 15 is 0 Å². The normalized spacial score (nSPS) is 12.4. The molecule has 0 N–H and O–H groups in total. The zero-order valence-electron chi connectivity index (χ0n) is 14.9. The van der Waals surface area contributed by atoms with Crippen molar-refractivity contribution in [3.05, 3.63) is 66.7 Å². The standard InChI is InChI=1S/C19H19NO5S2/c1-3-25-18-13-14-19(17-12-8-7-11-16(17)18)27(23,24)20(2)26(21,22)15-9-5-4-6-10-15/h4-14H,3H2,1-2H3. The molecule has 0 atom stereocenters. The number of ether oxygens (including phenoxy) is 1. The fourth-order valence-electron chi connectivity index (χ4n) is 2.76. The van der Waals surface area contributed by atoms with Crippen molar-refractivity contribution in [1.29, 1.82) is 0 Å². The summed E-state index contributed by atoms with van der Waals surface area (Å²) in [7, 11) is -7.49. The van der Waals surface area contributed by atoms with Crippen LogP contribution in [0.2, 0.25) is 0 Å². The van der Waals surface area contributed by atoms with Gasteiger partial charge in [0.15, 0.2) is 0 Å². The average Bonchev–Trinajstić information content (AvgIpc) is 2.68. The molecule has 27 heavy (non-hydrogen) atoms. The van der Waals surface area contributed by atoms with Crippen LogP contribution >= 0.6 is 0 Å². The van der Waals surface area contributed by atoms with Gasteiger partial charge in [-0.05, 0) is 31.2 Å². The minimum atomic E-state index is -4.31. The Hall–Kier alpha value is -2.42. The minimum Gasteiger partial charge on any atom is -0.493 e. The molecule has 0 spiro atoms. The van der Waals surface area contributed by atoms with Gasteiger partial charge < -0.3 is 4.74 Å². The Bertz CT molecular complexity index is 1170. The van der Waals surface area contributed by atoms with Crippen molar-refractivity contribution in [3.63, 3.8) is 0 Å². The molecule has 0 fully saturated rings. The third kappa shape index (κ3) is 3.43. The van der Waals surface area contributed by atoms with Crippen LogP contribution in [0.4, 0.5) is 0 Å². The van der Waals surface area contributed by atoms with Crippen LogP contribution in [0, 0.1) is 0 Å². The number of sulfonamides is 2. The summed E-state index contributed by atoms with van der Waals surface area (Å²) in [4.78, 5) is -0.185. The summed E-state index contributed by atoms with van der Waals surface area (Å²) < 4.78 is 57.8. The molecule has 0 radical (unpaired) electrons. The van der Waals surface area contributed by atoms with Gasteiger partial charge in [-0.2, -0.15) is 0 Å². The first-order valence-electron chi connectivity index (χ1n) is 8.24. The number of hydrogen-bond acceptors (Lipinski definition) is 5. The molecule has 0 aromatic heterocycles. The predicted molar refractivity (Wildman–Crippen MR) is 104 cm³/mol. The number of nitrogens with zero attached hydrogens (tertiary/aromatic N) is 1. The quantitative estimate of drug-likeness (QED) is 0.629. The van der Waals surface area contributed by atoms with Crippen LogP contribution in [-0.2, 0) is 20.0 Å². The van der Waals surface area contributed by atoms with E-state index in [1.807, 2.05) is 6.92 Å². The Labute approximate surface area is 159 Å². The van der Waals surface area contributed by atoms with Gasteiger partial charge in [0.25, 0.3) is 20.0 Å². The molecule has 142 valence electrons. The molecule has 3 rings (SSSR count). The first-order chi connectivity index (χ1) is 12.8. The maximum Gasteiger partial charge on any atom is 0.256 e. The van der Waals surface area contributed by atoms with Crippen molar-refractivity contribution >= 4 is 30.8 Å². The van der Waals surface area contributed by atoms with Crippen molar-refractivity contribution in [2.45, 2.75) is 16.7 Å². The van der Waals surface area contributed by atoms with Gasteiger partial charge in [-0.15, -0.1) is 0 Å². The Morgan fingerprint density at radius 2 is 1.37 bits per heavy atom. The van der Waals surface area contributed by atoms with E-state index in [0.717, 1.165) is 7.05 Å². The molecule has 8 heteroatoms. The lowest BCUT2D eigenvalue weighted by atomic mass is 10.1. The van der Waals surface area contributed by atoms with Gasteiger partial charge in [0, 0.05) is 17.8 Å². The SMILES string of the molecule is CCOc1ccc(S(=O)(=O)N(C)S(=O)(=O)c2ccccc2)c2ccccc12. The lowest BCUT2D eigenvalue weighted by Gasteiger charge is -2.19. The van der Waals surface area contributed by atoms with Gasteiger partial charge >= 0.3 is 0 Å². The van der Waals surface area contributed by atoms with Crippen molar-refractivity contribution < 1.29 is 21.6 Å². The van der Waals surface area contributed by atoms with Crippen molar-refractivity contribution in [2.24, 2.45) is 0 Å². The largest absolute Gasteiger partial charge is 0.493 e. The van der Waals surface area contributed by atoms with Crippen molar-refractivity contribution in [2.75, 3.05) is 13.7 Å². The summed E-state index contributed by atoms with van der Waals surface area (Å²) in [6.07, 6.45) is 0. The molecule has 0 saturated heterocycles. The molecule has 0 aliphatic heterocycles. The van der Waals surface area contributed by atoms with Crippen LogP contribution in [0.5, 0.6) is 5.75 Å². The van der Waals surface area contributed by atoms with Crippen LogP contribution in [-0.4, -0.2) is 34.2 Å². The average molecular weight is 405 g/mol. The molecule has 0 aliphatic rings. The summed E-state index contributed by atoms with van der Waals surface area (Å²) in [5.41, 5.74) is 0. The van der Waals surface area contributed by atoms with Crippen LogP contribution < -0.4 is 4.74 Å². The van der Waals surface area contributed by atoms with Crippen molar-refractivity contribution in [1.82, 2.24) is 3.71 Å². The van der Waals surface area contributed by atoms with Gasteiger partial charge in [0.2, 0.25) is 0 Å². The van der Waals surface area contributed by atoms with Gasteiger partial charge in [0.1, 0.15) is 5.75 Å². The van der Waals surface area contributed by atoms with Gasteiger partial charge in [0.05, 0.1) is 16.4 Å². The summed E-state index contributed by atoms with van der Waals surface area (Å²) in [5, 5.41) is 1.00. The number of fused-ring (bicyclic) bond motifs is 1. The summed E-state index contributed by atoms with van der Waals surface area (Å²) in [5.74, 6) is 0.542. The Balaban J connectivity index is 2.17. The summed E-state index contributed by atoms with van der Waals surface area (Å²) in [6, 6.07) is 17.2. The molecule has 0 aliphatic carbocycles. The lowest BCUT2D eigenvalue weighted by Crippen LogP contribution is -2.33. The molecule has 0 amide bonds. The summed E-state index contributed by atoms with van der Waals surface area (Å²) in [6.45, 7) is 2.26. The van der Waals surface area contributed by atoms with Gasteiger partial charge in [-0.25, -0.2) is 16.8 Å². The highest BCUT2D eigenvalue weighted by molar-refractivity contribution is 8.04. The second kappa shape index (κ2) is 7.30. The van der Waals surface area contributed by atoms with Crippen LogP contribution in [0.1, 0.15) is 6.92 Å². The third-order valence-corrected chi connectivity index (χ3v) is 8.45. The van der Waals surface area contributed by atoms with Gasteiger partial charge in [-0.3, -0.25) is 0 Å². The van der Waals surface area contributed by atoms with Crippen molar-refractivity contribution in [3.8, 4) is 5.75 Å². The Morgan fingerprint density at radius 3 is 2.00 bits per heavy atom. The number of benzene rings is 3. The highest BCUT2D eigenvalue weighted by Gasteiger charge is 2.34. The van der Waals surface area contributed by atoms with Crippen LogP contribution in [0.25, 0.3) is 10.8 Å². The Kier molecular flexibility index (Phi) is 5.23. The second-order valence-electron chi connectivity index (χ2n) is 5.74. The molecule has 3 aromatic rings. The van der Waals surface area contributed by atoms with Crippen LogP contribution in [0.15, 0.2) is 76.5 Å². The van der Waals surface area contributed by atoms with Gasteiger partial charge in [-0.1, -0.05) is 46.2 Å². The zero-order valence-corrected chi connectivity index (χ0v) is 16.5. The van der Waals surface area contributed by atoms with Crippen LogP contribution in [0.3, 0.4) is 0 Å². The highest BCUT2D eigenvalue weighted by Crippen LogP contribution is 2.33. The Morgan fingerprint density at radius 1 is 0.778 bits per heavy atom. The smallest absolute Gasteiger partial charge is 0.256 e.